The Morgan fingerprint density at radius 2 is 1.88 bits per heavy atom. The first kappa shape index (κ1) is 17.0. The summed E-state index contributed by atoms with van der Waals surface area (Å²) in [6, 6.07) is 8.62. The first-order valence-electron chi connectivity index (χ1n) is 7.41. The van der Waals surface area contributed by atoms with Crippen molar-refractivity contribution in [2.45, 2.75) is 0 Å². The number of nitrogens with one attached hydrogen (secondary N) is 1. The Balaban J connectivity index is 1.74. The summed E-state index contributed by atoms with van der Waals surface area (Å²) < 4.78 is 20.9. The summed E-state index contributed by atoms with van der Waals surface area (Å²) in [7, 11) is 3.00. The molecular weight excluding hydrogens is 346 g/mol. The van der Waals surface area contributed by atoms with Gasteiger partial charge in [0, 0.05) is 18.2 Å². The molecule has 0 saturated heterocycles. The van der Waals surface area contributed by atoms with Gasteiger partial charge in [-0.15, -0.1) is 0 Å². The Kier molecular flexibility index (Phi) is 5.00. The predicted octanol–water partition coefficient (Wildman–Crippen LogP) is 3.74. The van der Waals surface area contributed by atoms with Crippen molar-refractivity contribution in [2.24, 2.45) is 0 Å². The van der Waals surface area contributed by atoms with E-state index in [1.807, 2.05) is 6.07 Å². The van der Waals surface area contributed by atoms with Gasteiger partial charge in [-0.3, -0.25) is 4.79 Å². The van der Waals surface area contributed by atoms with Gasteiger partial charge in [0.25, 0.3) is 0 Å². The standard InChI is InChI=1S/C18H16ClNO5/c1-22-15-9-13(16(23-2)8-12(15)19)20-18(21)6-4-11-3-5-14-17(7-11)25-10-24-14/h3-9H,10H2,1-2H3,(H,20,21)/b6-4-. The Bertz CT molecular complexity index is 834. The zero-order chi connectivity index (χ0) is 17.8. The molecule has 1 N–H and O–H groups in total. The minimum absolute atomic E-state index is 0.210. The maximum absolute atomic E-state index is 12.2. The molecule has 1 aliphatic rings. The van der Waals surface area contributed by atoms with E-state index in [9.17, 15) is 4.79 Å². The third kappa shape index (κ3) is 3.80. The first-order chi connectivity index (χ1) is 12.1. The van der Waals surface area contributed by atoms with Gasteiger partial charge in [-0.2, -0.15) is 0 Å². The highest BCUT2D eigenvalue weighted by Crippen LogP contribution is 2.36. The van der Waals surface area contributed by atoms with Crippen LogP contribution < -0.4 is 24.3 Å². The number of benzene rings is 2. The van der Waals surface area contributed by atoms with Crippen LogP contribution in [-0.4, -0.2) is 26.9 Å². The van der Waals surface area contributed by atoms with E-state index in [0.717, 1.165) is 5.56 Å². The Hall–Kier alpha value is -2.86. The number of carbonyl (C=O) groups is 1. The molecule has 6 nitrogen and oxygen atoms in total. The normalized spacial score (nSPS) is 12.3. The van der Waals surface area contributed by atoms with Gasteiger partial charge in [-0.25, -0.2) is 0 Å². The zero-order valence-electron chi connectivity index (χ0n) is 13.7. The third-order valence-corrected chi connectivity index (χ3v) is 3.85. The van der Waals surface area contributed by atoms with E-state index in [2.05, 4.69) is 5.32 Å². The van der Waals surface area contributed by atoms with Crippen LogP contribution >= 0.6 is 11.6 Å². The minimum atomic E-state index is -0.319. The highest BCUT2D eigenvalue weighted by molar-refractivity contribution is 6.32. The molecule has 1 amide bonds. The van der Waals surface area contributed by atoms with Gasteiger partial charge >= 0.3 is 0 Å². The molecule has 0 radical (unpaired) electrons. The number of methoxy groups -OCH3 is 2. The van der Waals surface area contributed by atoms with E-state index in [-0.39, 0.29) is 12.7 Å². The molecule has 3 rings (SSSR count). The van der Waals surface area contributed by atoms with Crippen LogP contribution in [0.15, 0.2) is 36.4 Å². The SMILES string of the molecule is COc1cc(NC(=O)/C=C\c2ccc3c(c2)OCO3)c(OC)cc1Cl. The molecule has 0 aromatic heterocycles. The second kappa shape index (κ2) is 7.36. The summed E-state index contributed by atoms with van der Waals surface area (Å²) in [6.07, 6.45) is 3.09. The number of halogens is 1. The van der Waals surface area contributed by atoms with E-state index in [0.29, 0.717) is 33.7 Å². The molecule has 0 atom stereocenters. The second-order valence-corrected chi connectivity index (χ2v) is 5.53. The molecular formula is C18H16ClNO5. The summed E-state index contributed by atoms with van der Waals surface area (Å²) >= 11 is 6.05. The van der Waals surface area contributed by atoms with Crippen molar-refractivity contribution < 1.29 is 23.7 Å². The predicted molar refractivity (Wildman–Crippen MR) is 94.8 cm³/mol. The lowest BCUT2D eigenvalue weighted by atomic mass is 10.2. The van der Waals surface area contributed by atoms with Gasteiger partial charge < -0.3 is 24.3 Å². The van der Waals surface area contributed by atoms with E-state index in [1.54, 1.807) is 30.3 Å². The fourth-order valence-corrected chi connectivity index (χ4v) is 2.55. The molecule has 0 spiro atoms. The van der Waals surface area contributed by atoms with Gasteiger partial charge in [0.2, 0.25) is 12.7 Å². The van der Waals surface area contributed by atoms with Gasteiger partial charge in [-0.05, 0) is 23.8 Å². The van der Waals surface area contributed by atoms with Crippen LogP contribution in [0.1, 0.15) is 5.56 Å². The summed E-state index contributed by atoms with van der Waals surface area (Å²) in [4.78, 5) is 12.2. The molecule has 1 aliphatic heterocycles. The molecule has 2 aromatic rings. The minimum Gasteiger partial charge on any atom is -0.495 e. The van der Waals surface area contributed by atoms with Crippen molar-refractivity contribution in [1.82, 2.24) is 0 Å². The molecule has 0 bridgehead atoms. The lowest BCUT2D eigenvalue weighted by Gasteiger charge is -2.12. The van der Waals surface area contributed by atoms with Gasteiger partial charge in [0.1, 0.15) is 11.5 Å². The molecule has 25 heavy (non-hydrogen) atoms. The first-order valence-corrected chi connectivity index (χ1v) is 7.78. The Morgan fingerprint density at radius 1 is 1.12 bits per heavy atom. The van der Waals surface area contributed by atoms with Gasteiger partial charge in [0.05, 0.1) is 24.9 Å². The second-order valence-electron chi connectivity index (χ2n) is 5.12. The maximum atomic E-state index is 12.2. The van der Waals surface area contributed by atoms with Gasteiger partial charge in [-0.1, -0.05) is 17.7 Å². The third-order valence-electron chi connectivity index (χ3n) is 3.56. The Morgan fingerprint density at radius 3 is 2.64 bits per heavy atom. The van der Waals surface area contributed by atoms with Crippen molar-refractivity contribution in [1.29, 1.82) is 0 Å². The lowest BCUT2D eigenvalue weighted by Crippen LogP contribution is -2.09. The van der Waals surface area contributed by atoms with Crippen LogP contribution in [0, 0.1) is 0 Å². The van der Waals surface area contributed by atoms with Crippen LogP contribution in [0.5, 0.6) is 23.0 Å². The average Bonchev–Trinajstić information content (AvgIpc) is 3.08. The summed E-state index contributed by atoms with van der Waals surface area (Å²) in [5.74, 6) is 1.92. The highest BCUT2D eigenvalue weighted by atomic mass is 35.5. The number of rotatable bonds is 5. The Labute approximate surface area is 149 Å². The highest BCUT2D eigenvalue weighted by Gasteiger charge is 2.13. The van der Waals surface area contributed by atoms with E-state index >= 15 is 0 Å². The van der Waals surface area contributed by atoms with Crippen LogP contribution in [-0.2, 0) is 4.79 Å². The fourth-order valence-electron chi connectivity index (χ4n) is 2.32. The lowest BCUT2D eigenvalue weighted by molar-refractivity contribution is -0.111. The molecule has 0 saturated carbocycles. The van der Waals surface area contributed by atoms with Crippen molar-refractivity contribution in [3.8, 4) is 23.0 Å². The summed E-state index contributed by atoms with van der Waals surface area (Å²) in [6.45, 7) is 0.210. The summed E-state index contributed by atoms with van der Waals surface area (Å²) in [5, 5.41) is 3.14. The number of ether oxygens (including phenoxy) is 4. The smallest absolute Gasteiger partial charge is 0.248 e. The average molecular weight is 362 g/mol. The quantitative estimate of drug-likeness (QED) is 0.822. The van der Waals surface area contributed by atoms with Crippen LogP contribution in [0.3, 0.4) is 0 Å². The zero-order valence-corrected chi connectivity index (χ0v) is 14.4. The van der Waals surface area contributed by atoms with Crippen molar-refractivity contribution in [3.63, 3.8) is 0 Å². The molecule has 0 aliphatic carbocycles. The molecule has 0 unspecified atom stereocenters. The molecule has 7 heteroatoms. The number of carbonyl (C=O) groups excluding carboxylic acids is 1. The largest absolute Gasteiger partial charge is 0.495 e. The topological polar surface area (TPSA) is 66.0 Å². The van der Waals surface area contributed by atoms with Crippen molar-refractivity contribution in [2.75, 3.05) is 26.3 Å². The van der Waals surface area contributed by atoms with Crippen molar-refractivity contribution >= 4 is 29.3 Å². The van der Waals surface area contributed by atoms with Crippen molar-refractivity contribution in [3.05, 3.63) is 47.0 Å². The van der Waals surface area contributed by atoms with E-state index in [4.69, 9.17) is 30.5 Å². The van der Waals surface area contributed by atoms with E-state index in [1.165, 1.54) is 20.3 Å². The van der Waals surface area contributed by atoms with E-state index < -0.39 is 0 Å². The summed E-state index contributed by atoms with van der Waals surface area (Å²) in [5.41, 5.74) is 1.28. The maximum Gasteiger partial charge on any atom is 0.248 e. The molecule has 0 fully saturated rings. The van der Waals surface area contributed by atoms with Crippen LogP contribution in [0.2, 0.25) is 5.02 Å². The fraction of sp³-hybridized carbons (Fsp3) is 0.167. The number of hydrogen-bond acceptors (Lipinski definition) is 5. The molecule has 130 valence electrons. The van der Waals surface area contributed by atoms with Gasteiger partial charge in [0.15, 0.2) is 11.5 Å². The number of amides is 1. The molecule has 2 aromatic carbocycles. The van der Waals surface area contributed by atoms with Crippen LogP contribution in [0.4, 0.5) is 5.69 Å². The number of anilines is 1. The monoisotopic (exact) mass is 361 g/mol. The van der Waals surface area contributed by atoms with Crippen LogP contribution in [0.25, 0.3) is 6.08 Å². The molecule has 1 heterocycles. The number of hydrogen-bond donors (Lipinski definition) is 1. The number of fused-ring (bicyclic) bond motifs is 1.